The highest BCUT2D eigenvalue weighted by atomic mass is 16.3. The number of aliphatic hydroxyl groups excluding tert-OH is 1. The number of hydrogen-bond donors (Lipinski definition) is 2. The Balaban J connectivity index is 1.88. The SMILES string of the molecule is CCC[C@H]1[C@H](O)C[C@H](c2ccccc2)[NH2+][C@@H]1c1ccccc1. The van der Waals surface area contributed by atoms with E-state index in [1.165, 1.54) is 11.1 Å². The van der Waals surface area contributed by atoms with Gasteiger partial charge < -0.3 is 10.4 Å². The van der Waals surface area contributed by atoms with Gasteiger partial charge >= 0.3 is 0 Å². The summed E-state index contributed by atoms with van der Waals surface area (Å²) in [5.74, 6) is 0.340. The van der Waals surface area contributed by atoms with E-state index in [1.54, 1.807) is 0 Å². The average Bonchev–Trinajstić information content (AvgIpc) is 2.58. The van der Waals surface area contributed by atoms with E-state index in [0.717, 1.165) is 19.3 Å². The van der Waals surface area contributed by atoms with E-state index in [-0.39, 0.29) is 6.10 Å². The highest BCUT2D eigenvalue weighted by molar-refractivity contribution is 5.21. The van der Waals surface area contributed by atoms with Gasteiger partial charge in [-0.15, -0.1) is 0 Å². The lowest BCUT2D eigenvalue weighted by Crippen LogP contribution is -2.90. The van der Waals surface area contributed by atoms with Gasteiger partial charge in [0.15, 0.2) is 0 Å². The van der Waals surface area contributed by atoms with Gasteiger partial charge in [0.1, 0.15) is 12.1 Å². The van der Waals surface area contributed by atoms with Crippen LogP contribution in [0.3, 0.4) is 0 Å². The molecule has 1 saturated heterocycles. The molecule has 0 aliphatic carbocycles. The highest BCUT2D eigenvalue weighted by Gasteiger charge is 2.40. The molecule has 2 nitrogen and oxygen atoms in total. The molecule has 2 aromatic carbocycles. The molecule has 1 fully saturated rings. The summed E-state index contributed by atoms with van der Waals surface area (Å²) in [6, 6.07) is 21.9. The zero-order chi connectivity index (χ0) is 15.4. The molecule has 0 amide bonds. The number of benzene rings is 2. The molecular weight excluding hydrogens is 270 g/mol. The first-order valence-corrected chi connectivity index (χ1v) is 8.42. The molecule has 0 unspecified atom stereocenters. The molecule has 3 N–H and O–H groups in total. The Morgan fingerprint density at radius 1 is 0.955 bits per heavy atom. The van der Waals surface area contributed by atoms with Gasteiger partial charge in [-0.3, -0.25) is 0 Å². The molecule has 0 aromatic heterocycles. The Morgan fingerprint density at radius 3 is 2.14 bits per heavy atom. The van der Waals surface area contributed by atoms with Crippen molar-refractivity contribution in [3.8, 4) is 0 Å². The van der Waals surface area contributed by atoms with E-state index in [4.69, 9.17) is 0 Å². The summed E-state index contributed by atoms with van der Waals surface area (Å²) in [5, 5.41) is 13.2. The number of piperidine rings is 1. The Morgan fingerprint density at radius 2 is 1.55 bits per heavy atom. The van der Waals surface area contributed by atoms with Crippen molar-refractivity contribution in [3.63, 3.8) is 0 Å². The molecule has 116 valence electrons. The minimum atomic E-state index is -0.222. The molecule has 1 heterocycles. The second-order valence-corrected chi connectivity index (χ2v) is 6.40. The maximum Gasteiger partial charge on any atom is 0.117 e. The fourth-order valence-electron chi connectivity index (χ4n) is 3.83. The minimum Gasteiger partial charge on any atom is -0.392 e. The fourth-order valence-corrected chi connectivity index (χ4v) is 3.83. The lowest BCUT2D eigenvalue weighted by Gasteiger charge is -2.38. The van der Waals surface area contributed by atoms with Crippen molar-refractivity contribution in [1.29, 1.82) is 0 Å². The van der Waals surface area contributed by atoms with E-state index in [2.05, 4.69) is 72.9 Å². The third-order valence-corrected chi connectivity index (χ3v) is 4.92. The summed E-state index contributed by atoms with van der Waals surface area (Å²) in [5.41, 5.74) is 2.65. The topological polar surface area (TPSA) is 36.8 Å². The summed E-state index contributed by atoms with van der Waals surface area (Å²) < 4.78 is 0. The van der Waals surface area contributed by atoms with Crippen LogP contribution >= 0.6 is 0 Å². The summed E-state index contributed by atoms with van der Waals surface area (Å²) in [7, 11) is 0. The van der Waals surface area contributed by atoms with Gasteiger partial charge in [0.25, 0.3) is 0 Å². The van der Waals surface area contributed by atoms with E-state index in [9.17, 15) is 5.11 Å². The third kappa shape index (κ3) is 3.23. The Kier molecular flexibility index (Phi) is 4.91. The number of rotatable bonds is 4. The third-order valence-electron chi connectivity index (χ3n) is 4.92. The van der Waals surface area contributed by atoms with Crippen LogP contribution in [0.2, 0.25) is 0 Å². The molecule has 1 aliphatic heterocycles. The van der Waals surface area contributed by atoms with Crippen LogP contribution in [-0.4, -0.2) is 11.2 Å². The molecule has 0 bridgehead atoms. The molecule has 1 aliphatic rings. The maximum atomic E-state index is 10.7. The van der Waals surface area contributed by atoms with Crippen molar-refractivity contribution < 1.29 is 10.4 Å². The van der Waals surface area contributed by atoms with Gasteiger partial charge in [0.2, 0.25) is 0 Å². The normalized spacial score (nSPS) is 28.5. The number of quaternary nitrogens is 1. The zero-order valence-corrected chi connectivity index (χ0v) is 13.2. The van der Waals surface area contributed by atoms with Gasteiger partial charge in [0.05, 0.1) is 6.10 Å². The first-order valence-electron chi connectivity index (χ1n) is 8.42. The van der Waals surface area contributed by atoms with Crippen LogP contribution in [0.5, 0.6) is 0 Å². The molecule has 22 heavy (non-hydrogen) atoms. The summed E-state index contributed by atoms with van der Waals surface area (Å²) in [6.07, 6.45) is 2.83. The predicted molar refractivity (Wildman–Crippen MR) is 89.3 cm³/mol. The van der Waals surface area contributed by atoms with E-state index in [1.807, 2.05) is 0 Å². The summed E-state index contributed by atoms with van der Waals surface area (Å²) in [4.78, 5) is 0. The average molecular weight is 296 g/mol. The lowest BCUT2D eigenvalue weighted by atomic mass is 9.78. The summed E-state index contributed by atoms with van der Waals surface area (Å²) in [6.45, 7) is 2.21. The van der Waals surface area contributed by atoms with Crippen LogP contribution in [0, 0.1) is 5.92 Å². The van der Waals surface area contributed by atoms with Gasteiger partial charge in [0, 0.05) is 23.5 Å². The van der Waals surface area contributed by atoms with Crippen LogP contribution in [0.1, 0.15) is 49.4 Å². The monoisotopic (exact) mass is 296 g/mol. The second kappa shape index (κ2) is 7.08. The number of hydrogen-bond acceptors (Lipinski definition) is 1. The smallest absolute Gasteiger partial charge is 0.117 e. The quantitative estimate of drug-likeness (QED) is 0.893. The standard InChI is InChI=1S/C20H25NO/c1-2-9-17-19(22)14-18(15-10-5-3-6-11-15)21-20(17)16-12-7-4-8-13-16/h3-8,10-13,17-22H,2,9,14H2,1H3/p+1/t17-,18+,19+,20+/m0/s1. The van der Waals surface area contributed by atoms with E-state index in [0.29, 0.717) is 18.0 Å². The minimum absolute atomic E-state index is 0.222. The van der Waals surface area contributed by atoms with Gasteiger partial charge in [-0.2, -0.15) is 0 Å². The lowest BCUT2D eigenvalue weighted by molar-refractivity contribution is -0.753. The molecule has 4 atom stereocenters. The maximum absolute atomic E-state index is 10.7. The van der Waals surface area contributed by atoms with Crippen molar-refractivity contribution in [2.24, 2.45) is 5.92 Å². The highest BCUT2D eigenvalue weighted by Crippen LogP contribution is 2.34. The molecule has 2 heteroatoms. The summed E-state index contributed by atoms with van der Waals surface area (Å²) >= 11 is 0. The first kappa shape index (κ1) is 15.3. The van der Waals surface area contributed by atoms with E-state index >= 15 is 0 Å². The number of aliphatic hydroxyl groups is 1. The van der Waals surface area contributed by atoms with Crippen molar-refractivity contribution in [3.05, 3.63) is 71.8 Å². The van der Waals surface area contributed by atoms with Crippen molar-refractivity contribution in [2.45, 2.75) is 44.4 Å². The molecule has 0 saturated carbocycles. The molecular formula is C20H26NO+. The Hall–Kier alpha value is -1.64. The van der Waals surface area contributed by atoms with Gasteiger partial charge in [-0.1, -0.05) is 74.0 Å². The van der Waals surface area contributed by atoms with Gasteiger partial charge in [-0.05, 0) is 6.42 Å². The zero-order valence-electron chi connectivity index (χ0n) is 13.2. The number of nitrogens with two attached hydrogens (primary N) is 1. The van der Waals surface area contributed by atoms with Crippen LogP contribution in [0.4, 0.5) is 0 Å². The Labute approximate surface area is 133 Å². The van der Waals surface area contributed by atoms with Crippen LogP contribution in [0.15, 0.2) is 60.7 Å². The first-order chi connectivity index (χ1) is 10.8. The van der Waals surface area contributed by atoms with Crippen molar-refractivity contribution in [1.82, 2.24) is 0 Å². The van der Waals surface area contributed by atoms with Crippen molar-refractivity contribution in [2.75, 3.05) is 0 Å². The molecule has 0 spiro atoms. The van der Waals surface area contributed by atoms with Crippen LogP contribution < -0.4 is 5.32 Å². The Bertz CT molecular complexity index is 569. The predicted octanol–water partition coefficient (Wildman–Crippen LogP) is 3.21. The van der Waals surface area contributed by atoms with E-state index < -0.39 is 0 Å². The second-order valence-electron chi connectivity index (χ2n) is 6.40. The molecule has 3 rings (SSSR count). The largest absolute Gasteiger partial charge is 0.392 e. The molecule has 2 aromatic rings. The van der Waals surface area contributed by atoms with Crippen molar-refractivity contribution >= 4 is 0 Å². The molecule has 0 radical (unpaired) electrons. The fraction of sp³-hybridized carbons (Fsp3) is 0.400. The van der Waals surface area contributed by atoms with Crippen LogP contribution in [0.25, 0.3) is 0 Å². The van der Waals surface area contributed by atoms with Crippen LogP contribution in [-0.2, 0) is 0 Å². The van der Waals surface area contributed by atoms with Gasteiger partial charge in [-0.25, -0.2) is 0 Å².